The van der Waals surface area contributed by atoms with Crippen molar-refractivity contribution in [2.75, 3.05) is 0 Å². The maximum absolute atomic E-state index is 12.2. The molecule has 0 saturated heterocycles. The number of hydrogen-bond acceptors (Lipinski definition) is 3. The topological polar surface area (TPSA) is 70.8 Å². The van der Waals surface area contributed by atoms with E-state index in [4.69, 9.17) is 0 Å². The van der Waals surface area contributed by atoms with Crippen molar-refractivity contribution in [3.8, 4) is 16.9 Å². The molecule has 0 aliphatic heterocycles. The van der Waals surface area contributed by atoms with Gasteiger partial charge in [-0.05, 0) is 12.1 Å². The molecule has 0 atom stereocenters. The second kappa shape index (κ2) is 4.76. The molecular weight excluding hydrogens is 268 g/mol. The molecule has 0 bridgehead atoms. The van der Waals surface area contributed by atoms with Gasteiger partial charge in [-0.1, -0.05) is 12.1 Å². The number of aromatic amines is 2. The highest BCUT2D eigenvalue weighted by molar-refractivity contribution is 5.91. The molecule has 3 aromatic rings. The van der Waals surface area contributed by atoms with Crippen LogP contribution in [0.25, 0.3) is 22.2 Å². The lowest BCUT2D eigenvalue weighted by molar-refractivity contribution is -0.0500. The Balaban J connectivity index is 2.13. The van der Waals surface area contributed by atoms with Crippen molar-refractivity contribution in [3.63, 3.8) is 0 Å². The third-order valence-corrected chi connectivity index (χ3v) is 2.80. The van der Waals surface area contributed by atoms with Gasteiger partial charge in [-0.15, -0.1) is 0 Å². The fourth-order valence-corrected chi connectivity index (χ4v) is 2.03. The quantitative estimate of drug-likeness (QED) is 0.772. The van der Waals surface area contributed by atoms with Crippen LogP contribution in [0.3, 0.4) is 0 Å². The Morgan fingerprint density at radius 1 is 1.20 bits per heavy atom. The maximum atomic E-state index is 12.2. The van der Waals surface area contributed by atoms with Crippen LogP contribution >= 0.6 is 0 Å². The summed E-state index contributed by atoms with van der Waals surface area (Å²) < 4.78 is 28.7. The largest absolute Gasteiger partial charge is 0.433 e. The third-order valence-electron chi connectivity index (χ3n) is 2.80. The van der Waals surface area contributed by atoms with Crippen LogP contribution in [0.1, 0.15) is 0 Å². The van der Waals surface area contributed by atoms with Crippen LogP contribution in [0.5, 0.6) is 5.75 Å². The molecule has 7 heteroatoms. The van der Waals surface area contributed by atoms with E-state index in [-0.39, 0.29) is 11.4 Å². The molecule has 20 heavy (non-hydrogen) atoms. The molecule has 0 amide bonds. The van der Waals surface area contributed by atoms with Crippen molar-refractivity contribution in [1.29, 1.82) is 0 Å². The van der Waals surface area contributed by atoms with Gasteiger partial charge in [0.1, 0.15) is 5.75 Å². The number of H-pyrrole nitrogens is 2. The molecule has 5 nitrogen and oxygen atoms in total. The summed E-state index contributed by atoms with van der Waals surface area (Å²) in [6, 6.07) is 6.69. The van der Waals surface area contributed by atoms with Gasteiger partial charge in [0.15, 0.2) is 0 Å². The molecule has 2 heterocycles. The van der Waals surface area contributed by atoms with Crippen LogP contribution in [0.4, 0.5) is 8.78 Å². The average Bonchev–Trinajstić information content (AvgIpc) is 2.78. The molecule has 1 aromatic carbocycles. The van der Waals surface area contributed by atoms with Crippen molar-refractivity contribution in [1.82, 2.24) is 15.0 Å². The SMILES string of the molecule is O=c1[nH]c2cccc(-c3cncc(OC(F)F)c3)c2[nH]1. The number of nitrogens with zero attached hydrogens (tertiary/aromatic N) is 1. The standard InChI is InChI=1S/C13H9F2N3O2/c14-12(15)20-8-4-7(5-16-6-8)9-2-1-3-10-11(9)18-13(19)17-10/h1-6,12H,(H2,17,18,19). The minimum absolute atomic E-state index is 0.0348. The van der Waals surface area contributed by atoms with Gasteiger partial charge in [0.05, 0.1) is 17.2 Å². The number of nitrogens with one attached hydrogen (secondary N) is 2. The lowest BCUT2D eigenvalue weighted by Gasteiger charge is -2.07. The fourth-order valence-electron chi connectivity index (χ4n) is 2.03. The van der Waals surface area contributed by atoms with Crippen LogP contribution < -0.4 is 10.4 Å². The van der Waals surface area contributed by atoms with Gasteiger partial charge in [0.25, 0.3) is 0 Å². The first-order chi connectivity index (χ1) is 9.63. The van der Waals surface area contributed by atoms with E-state index in [1.807, 2.05) is 0 Å². The molecule has 2 aromatic heterocycles. The van der Waals surface area contributed by atoms with Crippen molar-refractivity contribution < 1.29 is 13.5 Å². The minimum Gasteiger partial charge on any atom is -0.433 e. The summed E-state index contributed by atoms with van der Waals surface area (Å²) in [5.74, 6) is -0.0348. The van der Waals surface area contributed by atoms with Crippen molar-refractivity contribution >= 4 is 11.0 Å². The Bertz CT molecular complexity index is 810. The lowest BCUT2D eigenvalue weighted by atomic mass is 10.1. The predicted octanol–water partition coefficient (Wildman–Crippen LogP) is 2.52. The number of benzene rings is 1. The number of aromatic nitrogens is 3. The summed E-state index contributed by atoms with van der Waals surface area (Å²) in [6.07, 6.45) is 2.72. The van der Waals surface area contributed by atoms with E-state index in [0.29, 0.717) is 22.2 Å². The number of halogens is 2. The van der Waals surface area contributed by atoms with E-state index in [2.05, 4.69) is 19.7 Å². The highest BCUT2D eigenvalue weighted by Crippen LogP contribution is 2.28. The van der Waals surface area contributed by atoms with Crippen molar-refractivity contribution in [2.45, 2.75) is 6.61 Å². The van der Waals surface area contributed by atoms with Crippen molar-refractivity contribution in [2.24, 2.45) is 0 Å². The van der Waals surface area contributed by atoms with Crippen LogP contribution in [0.2, 0.25) is 0 Å². The summed E-state index contributed by atoms with van der Waals surface area (Å²) >= 11 is 0. The molecule has 102 valence electrons. The zero-order valence-electron chi connectivity index (χ0n) is 10.1. The van der Waals surface area contributed by atoms with Gasteiger partial charge in [0, 0.05) is 17.3 Å². The highest BCUT2D eigenvalue weighted by Gasteiger charge is 2.10. The molecule has 3 rings (SSSR count). The molecule has 0 radical (unpaired) electrons. The second-order valence-electron chi connectivity index (χ2n) is 4.10. The molecule has 2 N–H and O–H groups in total. The summed E-state index contributed by atoms with van der Waals surface area (Å²) in [5, 5.41) is 0. The highest BCUT2D eigenvalue weighted by atomic mass is 19.3. The predicted molar refractivity (Wildman–Crippen MR) is 68.8 cm³/mol. The zero-order valence-corrected chi connectivity index (χ0v) is 10.1. The number of imidazole rings is 1. The molecular formula is C13H9F2N3O2. The van der Waals surface area contributed by atoms with Gasteiger partial charge in [-0.25, -0.2) is 4.79 Å². The number of hydrogen-bond donors (Lipinski definition) is 2. The summed E-state index contributed by atoms with van der Waals surface area (Å²) in [7, 11) is 0. The van der Waals surface area contributed by atoms with E-state index >= 15 is 0 Å². The van der Waals surface area contributed by atoms with E-state index in [1.54, 1.807) is 18.2 Å². The van der Waals surface area contributed by atoms with Gasteiger partial charge < -0.3 is 14.7 Å². The summed E-state index contributed by atoms with van der Waals surface area (Å²) in [5.41, 5.74) is 2.14. The Morgan fingerprint density at radius 3 is 2.85 bits per heavy atom. The fraction of sp³-hybridized carbons (Fsp3) is 0.0769. The number of alkyl halides is 2. The first-order valence-corrected chi connectivity index (χ1v) is 5.75. The Kier molecular flexibility index (Phi) is 2.94. The molecule has 0 unspecified atom stereocenters. The number of para-hydroxylation sites is 1. The smallest absolute Gasteiger partial charge is 0.387 e. The van der Waals surface area contributed by atoms with Crippen LogP contribution in [-0.4, -0.2) is 21.6 Å². The van der Waals surface area contributed by atoms with Crippen LogP contribution in [0, 0.1) is 0 Å². The van der Waals surface area contributed by atoms with E-state index in [1.165, 1.54) is 18.5 Å². The zero-order chi connectivity index (χ0) is 14.1. The average molecular weight is 277 g/mol. The first kappa shape index (κ1) is 12.3. The molecule has 0 saturated carbocycles. The third kappa shape index (κ3) is 2.25. The summed E-state index contributed by atoms with van der Waals surface area (Å²) in [6.45, 7) is -2.91. The maximum Gasteiger partial charge on any atom is 0.387 e. The van der Waals surface area contributed by atoms with Gasteiger partial charge >= 0.3 is 12.3 Å². The Labute approximate surface area is 111 Å². The Morgan fingerprint density at radius 2 is 2.05 bits per heavy atom. The van der Waals surface area contributed by atoms with E-state index in [9.17, 15) is 13.6 Å². The second-order valence-corrected chi connectivity index (χ2v) is 4.10. The lowest BCUT2D eigenvalue weighted by Crippen LogP contribution is -2.02. The normalized spacial score (nSPS) is 11.2. The van der Waals surface area contributed by atoms with Crippen molar-refractivity contribution in [3.05, 3.63) is 47.1 Å². The number of fused-ring (bicyclic) bond motifs is 1. The molecule has 0 spiro atoms. The minimum atomic E-state index is -2.91. The van der Waals surface area contributed by atoms with Gasteiger partial charge in [0.2, 0.25) is 0 Å². The summed E-state index contributed by atoms with van der Waals surface area (Å²) in [4.78, 5) is 20.5. The van der Waals surface area contributed by atoms with Crippen LogP contribution in [-0.2, 0) is 0 Å². The van der Waals surface area contributed by atoms with E-state index in [0.717, 1.165) is 0 Å². The van der Waals surface area contributed by atoms with E-state index < -0.39 is 6.61 Å². The first-order valence-electron chi connectivity index (χ1n) is 5.75. The number of ether oxygens (including phenoxy) is 1. The molecule has 0 aliphatic rings. The van der Waals surface area contributed by atoms with Crippen LogP contribution in [0.15, 0.2) is 41.5 Å². The Hall–Kier alpha value is -2.70. The van der Waals surface area contributed by atoms with Gasteiger partial charge in [-0.2, -0.15) is 8.78 Å². The monoisotopic (exact) mass is 277 g/mol. The number of rotatable bonds is 3. The van der Waals surface area contributed by atoms with Gasteiger partial charge in [-0.3, -0.25) is 4.98 Å². The molecule has 0 aliphatic carbocycles. The number of pyridine rings is 1. The molecule has 0 fully saturated rings.